The lowest BCUT2D eigenvalue weighted by molar-refractivity contribution is -0.157. The molecule has 100 valence electrons. The Morgan fingerprint density at radius 1 is 1.06 bits per heavy atom. The molecular formula is C12H19N3O3. The van der Waals surface area contributed by atoms with Crippen LogP contribution in [0.15, 0.2) is 0 Å². The highest BCUT2D eigenvalue weighted by Crippen LogP contribution is 2.33. The molecule has 0 saturated carbocycles. The fourth-order valence-corrected chi connectivity index (χ4v) is 3.34. The summed E-state index contributed by atoms with van der Waals surface area (Å²) in [7, 11) is 3.95. The molecule has 0 spiro atoms. The summed E-state index contributed by atoms with van der Waals surface area (Å²) < 4.78 is 0. The maximum absolute atomic E-state index is 12.4. The normalized spacial score (nSPS) is 39.6. The van der Waals surface area contributed by atoms with Crippen molar-refractivity contribution in [1.29, 1.82) is 0 Å². The van der Waals surface area contributed by atoms with E-state index >= 15 is 0 Å². The molecule has 0 aromatic rings. The number of aliphatic hydroxyl groups is 1. The summed E-state index contributed by atoms with van der Waals surface area (Å²) in [5.41, 5.74) is 0. The second kappa shape index (κ2) is 3.93. The number of likely N-dealkylation sites (N-methyl/N-ethyl adjacent to an activating group) is 1. The number of aliphatic hydroxyl groups excluding tert-OH is 1. The summed E-state index contributed by atoms with van der Waals surface area (Å²) >= 11 is 0. The number of hydrogen-bond acceptors (Lipinski definition) is 4. The highest BCUT2D eigenvalue weighted by molar-refractivity contribution is 5.98. The predicted molar refractivity (Wildman–Crippen MR) is 63.7 cm³/mol. The average molecular weight is 253 g/mol. The molecule has 4 atom stereocenters. The van der Waals surface area contributed by atoms with E-state index in [1.165, 1.54) is 0 Å². The molecule has 3 saturated heterocycles. The lowest BCUT2D eigenvalue weighted by Crippen LogP contribution is -2.60. The Morgan fingerprint density at radius 2 is 1.61 bits per heavy atom. The minimum absolute atomic E-state index is 0.0144. The Kier molecular flexibility index (Phi) is 2.60. The zero-order valence-corrected chi connectivity index (χ0v) is 10.7. The molecule has 0 aromatic heterocycles. The molecule has 2 amide bonds. The van der Waals surface area contributed by atoms with Gasteiger partial charge in [0.15, 0.2) is 0 Å². The molecule has 0 radical (unpaired) electrons. The van der Waals surface area contributed by atoms with Gasteiger partial charge in [-0.15, -0.1) is 0 Å². The summed E-state index contributed by atoms with van der Waals surface area (Å²) in [6.07, 6.45) is 0.546. The van der Waals surface area contributed by atoms with E-state index in [2.05, 4.69) is 4.90 Å². The summed E-state index contributed by atoms with van der Waals surface area (Å²) in [4.78, 5) is 30.1. The van der Waals surface area contributed by atoms with Gasteiger partial charge in [0.25, 0.3) is 0 Å². The van der Waals surface area contributed by atoms with E-state index < -0.39 is 12.1 Å². The summed E-state index contributed by atoms with van der Waals surface area (Å²) in [6, 6.07) is -0.482. The van der Waals surface area contributed by atoms with E-state index in [1.807, 2.05) is 14.1 Å². The smallest absolute Gasteiger partial charge is 0.246 e. The van der Waals surface area contributed by atoms with Crippen molar-refractivity contribution < 1.29 is 14.7 Å². The van der Waals surface area contributed by atoms with Crippen LogP contribution >= 0.6 is 0 Å². The molecule has 0 aromatic carbocycles. The Labute approximate surface area is 106 Å². The number of carbonyl (C=O) groups excluding carboxylic acids is 2. The number of nitrogens with zero attached hydrogens (tertiary/aromatic N) is 3. The van der Waals surface area contributed by atoms with Gasteiger partial charge < -0.3 is 19.8 Å². The van der Waals surface area contributed by atoms with Crippen LogP contribution in [0.3, 0.4) is 0 Å². The van der Waals surface area contributed by atoms with Crippen LogP contribution in [0, 0.1) is 0 Å². The van der Waals surface area contributed by atoms with Crippen molar-refractivity contribution in [2.24, 2.45) is 0 Å². The van der Waals surface area contributed by atoms with Crippen molar-refractivity contribution in [3.63, 3.8) is 0 Å². The second-order valence-electron chi connectivity index (χ2n) is 5.76. The van der Waals surface area contributed by atoms with Crippen molar-refractivity contribution in [1.82, 2.24) is 14.7 Å². The number of piperazine rings is 1. The standard InChI is InChI=1S/C12H19N3O3/c1-13(2)7-3-9-11(17)15-6-8(16)4-10(15)12(18)14(9)5-7/h7-10,16H,3-6H2,1-2H3/t7-,8-,9+,10+/m1/s1. The maximum Gasteiger partial charge on any atom is 0.246 e. The lowest BCUT2D eigenvalue weighted by Gasteiger charge is -2.38. The Morgan fingerprint density at radius 3 is 2.22 bits per heavy atom. The lowest BCUT2D eigenvalue weighted by atomic mass is 10.1. The predicted octanol–water partition coefficient (Wildman–Crippen LogP) is -1.51. The highest BCUT2D eigenvalue weighted by atomic mass is 16.3. The minimum atomic E-state index is -0.549. The fourth-order valence-electron chi connectivity index (χ4n) is 3.34. The summed E-state index contributed by atoms with van der Waals surface area (Å²) in [5.74, 6) is 0.0287. The molecule has 3 heterocycles. The van der Waals surface area contributed by atoms with E-state index in [9.17, 15) is 14.7 Å². The van der Waals surface area contributed by atoms with Crippen LogP contribution in [0.5, 0.6) is 0 Å². The first-order chi connectivity index (χ1) is 8.49. The molecule has 6 heteroatoms. The average Bonchev–Trinajstić information content (AvgIpc) is 2.89. The largest absolute Gasteiger partial charge is 0.391 e. The van der Waals surface area contributed by atoms with E-state index in [0.29, 0.717) is 25.9 Å². The summed E-state index contributed by atoms with van der Waals surface area (Å²) in [6.45, 7) is 0.939. The third-order valence-corrected chi connectivity index (χ3v) is 4.42. The number of hydrogen-bond donors (Lipinski definition) is 1. The van der Waals surface area contributed by atoms with Gasteiger partial charge in [0.1, 0.15) is 12.1 Å². The maximum atomic E-state index is 12.4. The molecular weight excluding hydrogens is 234 g/mol. The Balaban J connectivity index is 1.86. The van der Waals surface area contributed by atoms with Crippen molar-refractivity contribution >= 4 is 11.8 Å². The molecule has 0 aliphatic carbocycles. The van der Waals surface area contributed by atoms with Crippen molar-refractivity contribution in [3.8, 4) is 0 Å². The van der Waals surface area contributed by atoms with Crippen molar-refractivity contribution in [2.75, 3.05) is 27.2 Å². The van der Waals surface area contributed by atoms with Gasteiger partial charge in [0, 0.05) is 25.6 Å². The first-order valence-corrected chi connectivity index (χ1v) is 6.44. The monoisotopic (exact) mass is 253 g/mol. The highest BCUT2D eigenvalue weighted by Gasteiger charge is 2.53. The molecule has 3 rings (SSSR count). The van der Waals surface area contributed by atoms with Crippen molar-refractivity contribution in [2.45, 2.75) is 37.1 Å². The van der Waals surface area contributed by atoms with Crippen LogP contribution in [0.4, 0.5) is 0 Å². The van der Waals surface area contributed by atoms with Gasteiger partial charge >= 0.3 is 0 Å². The van der Waals surface area contributed by atoms with Gasteiger partial charge in [-0.2, -0.15) is 0 Å². The van der Waals surface area contributed by atoms with Gasteiger partial charge in [-0.3, -0.25) is 9.59 Å². The van der Waals surface area contributed by atoms with E-state index in [4.69, 9.17) is 0 Å². The van der Waals surface area contributed by atoms with Crippen LogP contribution in [0.25, 0.3) is 0 Å². The van der Waals surface area contributed by atoms with Crippen LogP contribution in [0.2, 0.25) is 0 Å². The third-order valence-electron chi connectivity index (χ3n) is 4.42. The number of amides is 2. The molecule has 1 N–H and O–H groups in total. The second-order valence-corrected chi connectivity index (χ2v) is 5.76. The SMILES string of the molecule is CN(C)[C@@H]1C[C@H]2C(=O)N3C[C@H](O)C[C@H]3C(=O)N2C1. The van der Waals surface area contributed by atoms with E-state index in [0.717, 1.165) is 0 Å². The molecule has 0 unspecified atom stereocenters. The summed E-state index contributed by atoms with van der Waals surface area (Å²) in [5, 5.41) is 9.63. The first kappa shape index (κ1) is 11.9. The number of carbonyl (C=O) groups is 2. The van der Waals surface area contributed by atoms with Gasteiger partial charge in [0.05, 0.1) is 6.10 Å². The van der Waals surface area contributed by atoms with Crippen LogP contribution in [-0.4, -0.2) is 83.0 Å². The van der Waals surface area contributed by atoms with Gasteiger partial charge in [0.2, 0.25) is 11.8 Å². The minimum Gasteiger partial charge on any atom is -0.391 e. The van der Waals surface area contributed by atoms with E-state index in [1.54, 1.807) is 9.80 Å². The van der Waals surface area contributed by atoms with Crippen LogP contribution in [-0.2, 0) is 9.59 Å². The van der Waals surface area contributed by atoms with Gasteiger partial charge in [-0.25, -0.2) is 0 Å². The fraction of sp³-hybridized carbons (Fsp3) is 0.833. The van der Waals surface area contributed by atoms with Gasteiger partial charge in [-0.1, -0.05) is 0 Å². The third kappa shape index (κ3) is 1.55. The van der Waals surface area contributed by atoms with Gasteiger partial charge in [-0.05, 0) is 20.5 Å². The van der Waals surface area contributed by atoms with Crippen LogP contribution in [0.1, 0.15) is 12.8 Å². The van der Waals surface area contributed by atoms with Crippen LogP contribution < -0.4 is 0 Å². The van der Waals surface area contributed by atoms with Crippen molar-refractivity contribution in [3.05, 3.63) is 0 Å². The van der Waals surface area contributed by atoms with E-state index in [-0.39, 0.29) is 23.9 Å². The molecule has 3 aliphatic heterocycles. The number of fused-ring (bicyclic) bond motifs is 2. The molecule has 3 aliphatic rings. The molecule has 18 heavy (non-hydrogen) atoms. The zero-order chi connectivity index (χ0) is 13.0. The zero-order valence-electron chi connectivity index (χ0n) is 10.7. The number of rotatable bonds is 1. The molecule has 6 nitrogen and oxygen atoms in total. The Bertz CT molecular complexity index is 366. The quantitative estimate of drug-likeness (QED) is 0.617. The molecule has 0 bridgehead atoms. The topological polar surface area (TPSA) is 64.1 Å². The molecule has 3 fully saturated rings. The first-order valence-electron chi connectivity index (χ1n) is 6.44. The Hall–Kier alpha value is -1.14.